The summed E-state index contributed by atoms with van der Waals surface area (Å²) in [7, 11) is 1.71. The van der Waals surface area contributed by atoms with E-state index in [0.29, 0.717) is 5.82 Å². The van der Waals surface area contributed by atoms with Gasteiger partial charge >= 0.3 is 0 Å². The molecule has 0 aliphatic heterocycles. The Morgan fingerprint density at radius 2 is 1.79 bits per heavy atom. The highest BCUT2D eigenvalue weighted by Gasteiger charge is 2.11. The van der Waals surface area contributed by atoms with Crippen LogP contribution >= 0.6 is 0 Å². The molecule has 2 aromatic heterocycles. The molecule has 0 saturated heterocycles. The molecule has 0 unspecified atom stereocenters. The molecule has 2 heterocycles. The lowest BCUT2D eigenvalue weighted by atomic mass is 10.3. The van der Waals surface area contributed by atoms with E-state index in [9.17, 15) is 4.79 Å². The molecule has 1 amide bonds. The molecule has 0 aromatic carbocycles. The normalized spacial score (nSPS) is 10.1. The first kappa shape index (κ1) is 12.9. The molecule has 0 radical (unpaired) electrons. The number of hydrogen-bond acceptors (Lipinski definition) is 6. The molecule has 2 rings (SSSR count). The molecule has 7 nitrogen and oxygen atoms in total. The molecule has 0 aliphatic rings. The first-order valence-corrected chi connectivity index (χ1v) is 5.72. The van der Waals surface area contributed by atoms with Crippen LogP contribution in [0.5, 0.6) is 0 Å². The Morgan fingerprint density at radius 1 is 1.11 bits per heavy atom. The van der Waals surface area contributed by atoms with Crippen molar-refractivity contribution >= 4 is 17.7 Å². The van der Waals surface area contributed by atoms with Gasteiger partial charge in [0.05, 0.1) is 12.4 Å². The van der Waals surface area contributed by atoms with Gasteiger partial charge in [0, 0.05) is 18.4 Å². The van der Waals surface area contributed by atoms with Gasteiger partial charge in [-0.05, 0) is 19.9 Å². The number of rotatable bonds is 3. The van der Waals surface area contributed by atoms with E-state index < -0.39 is 5.91 Å². The van der Waals surface area contributed by atoms with Crippen molar-refractivity contribution in [3.05, 3.63) is 35.5 Å². The highest BCUT2D eigenvalue weighted by molar-refractivity contribution is 6.01. The zero-order chi connectivity index (χ0) is 13.8. The van der Waals surface area contributed by atoms with Crippen LogP contribution in [0, 0.1) is 13.8 Å². The first-order chi connectivity index (χ1) is 9.08. The number of hydrogen-bond donors (Lipinski definition) is 2. The summed E-state index contributed by atoms with van der Waals surface area (Å²) in [6, 6.07) is 1.83. The molecule has 2 N–H and O–H groups in total. The molecule has 19 heavy (non-hydrogen) atoms. The van der Waals surface area contributed by atoms with Gasteiger partial charge in [-0.15, -0.1) is 0 Å². The maximum Gasteiger partial charge on any atom is 0.278 e. The van der Waals surface area contributed by atoms with E-state index in [1.165, 1.54) is 12.4 Å². The molecular weight excluding hydrogens is 244 g/mol. The largest absolute Gasteiger partial charge is 0.372 e. The molecule has 0 spiro atoms. The first-order valence-electron chi connectivity index (χ1n) is 5.72. The minimum atomic E-state index is -0.394. The van der Waals surface area contributed by atoms with Gasteiger partial charge in [0.2, 0.25) is 5.95 Å². The lowest BCUT2D eigenvalue weighted by molar-refractivity contribution is 0.102. The Hall–Kier alpha value is -2.57. The van der Waals surface area contributed by atoms with E-state index in [1.54, 1.807) is 7.05 Å². The van der Waals surface area contributed by atoms with Crippen molar-refractivity contribution in [2.45, 2.75) is 13.8 Å². The average Bonchev–Trinajstić information content (AvgIpc) is 2.37. The molecule has 0 bridgehead atoms. The monoisotopic (exact) mass is 258 g/mol. The van der Waals surface area contributed by atoms with Crippen molar-refractivity contribution in [3.8, 4) is 0 Å². The van der Waals surface area contributed by atoms with Crippen molar-refractivity contribution in [1.29, 1.82) is 0 Å². The van der Waals surface area contributed by atoms with Gasteiger partial charge < -0.3 is 5.32 Å². The van der Waals surface area contributed by atoms with Crippen LogP contribution in [0.1, 0.15) is 21.9 Å². The molecule has 2 aromatic rings. The summed E-state index contributed by atoms with van der Waals surface area (Å²) in [5.41, 5.74) is 1.78. The van der Waals surface area contributed by atoms with Crippen LogP contribution in [0.15, 0.2) is 18.5 Å². The quantitative estimate of drug-likeness (QED) is 0.858. The molecule has 7 heteroatoms. The molecule has 98 valence electrons. The van der Waals surface area contributed by atoms with Gasteiger partial charge in [0.15, 0.2) is 0 Å². The summed E-state index contributed by atoms with van der Waals surface area (Å²) >= 11 is 0. The van der Waals surface area contributed by atoms with Gasteiger partial charge in [-0.3, -0.25) is 15.1 Å². The van der Waals surface area contributed by atoms with Crippen LogP contribution < -0.4 is 10.6 Å². The number of nitrogens with one attached hydrogen (secondary N) is 2. The molecule has 0 saturated carbocycles. The minimum Gasteiger partial charge on any atom is -0.372 e. The maximum atomic E-state index is 12.0. The van der Waals surface area contributed by atoms with Crippen LogP contribution in [-0.4, -0.2) is 32.9 Å². The van der Waals surface area contributed by atoms with Crippen molar-refractivity contribution < 1.29 is 4.79 Å². The van der Waals surface area contributed by atoms with E-state index in [1.807, 2.05) is 19.9 Å². The topological polar surface area (TPSA) is 92.7 Å². The van der Waals surface area contributed by atoms with Crippen molar-refractivity contribution in [3.63, 3.8) is 0 Å². The number of nitrogens with zero attached hydrogens (tertiary/aromatic N) is 4. The van der Waals surface area contributed by atoms with Crippen LogP contribution in [0.4, 0.5) is 11.8 Å². The van der Waals surface area contributed by atoms with E-state index in [0.717, 1.165) is 11.4 Å². The molecule has 0 atom stereocenters. The lowest BCUT2D eigenvalue weighted by Crippen LogP contribution is -2.17. The highest BCUT2D eigenvalue weighted by Crippen LogP contribution is 2.06. The maximum absolute atomic E-state index is 12.0. The van der Waals surface area contributed by atoms with Gasteiger partial charge in [0.1, 0.15) is 11.5 Å². The van der Waals surface area contributed by atoms with Gasteiger partial charge in [0.25, 0.3) is 5.91 Å². The number of amides is 1. The smallest absolute Gasteiger partial charge is 0.278 e. The second-order valence-electron chi connectivity index (χ2n) is 3.97. The Labute approximate surface area is 110 Å². The fraction of sp³-hybridized carbons (Fsp3) is 0.250. The van der Waals surface area contributed by atoms with Gasteiger partial charge in [-0.1, -0.05) is 0 Å². The highest BCUT2D eigenvalue weighted by atomic mass is 16.2. The van der Waals surface area contributed by atoms with Crippen LogP contribution in [0.25, 0.3) is 0 Å². The Balaban J connectivity index is 2.20. The number of carbonyl (C=O) groups excluding carboxylic acids is 1. The summed E-state index contributed by atoms with van der Waals surface area (Å²) in [6.07, 6.45) is 2.92. The Kier molecular flexibility index (Phi) is 3.65. The zero-order valence-electron chi connectivity index (χ0n) is 10.9. The summed E-state index contributed by atoms with van der Waals surface area (Å²) in [4.78, 5) is 28.3. The zero-order valence-corrected chi connectivity index (χ0v) is 10.9. The van der Waals surface area contributed by atoms with E-state index in [2.05, 4.69) is 30.6 Å². The Bertz CT molecular complexity index is 593. The molecule has 0 fully saturated rings. The van der Waals surface area contributed by atoms with E-state index in [-0.39, 0.29) is 11.6 Å². The third kappa shape index (κ3) is 3.21. The van der Waals surface area contributed by atoms with Crippen molar-refractivity contribution in [2.75, 3.05) is 17.7 Å². The second-order valence-corrected chi connectivity index (χ2v) is 3.97. The van der Waals surface area contributed by atoms with Crippen molar-refractivity contribution in [2.24, 2.45) is 0 Å². The van der Waals surface area contributed by atoms with E-state index in [4.69, 9.17) is 0 Å². The molecule has 0 aliphatic carbocycles. The predicted octanol–water partition coefficient (Wildman–Crippen LogP) is 1.18. The second kappa shape index (κ2) is 5.38. The summed E-state index contributed by atoms with van der Waals surface area (Å²) < 4.78 is 0. The summed E-state index contributed by atoms with van der Waals surface area (Å²) in [5.74, 6) is 0.391. The van der Waals surface area contributed by atoms with Crippen molar-refractivity contribution in [1.82, 2.24) is 19.9 Å². The van der Waals surface area contributed by atoms with E-state index >= 15 is 0 Å². The third-order valence-corrected chi connectivity index (χ3v) is 2.33. The number of aryl methyl sites for hydroxylation is 2. The summed E-state index contributed by atoms with van der Waals surface area (Å²) in [5, 5.41) is 5.42. The number of aromatic nitrogens is 4. The number of anilines is 2. The summed E-state index contributed by atoms with van der Waals surface area (Å²) in [6.45, 7) is 3.68. The lowest BCUT2D eigenvalue weighted by Gasteiger charge is -2.05. The standard InChI is InChI=1S/C12H14N6O/c1-7-4-8(2)16-12(15-7)18-11(19)9-5-14-6-10(13-3)17-9/h4-6H,1-3H3,(H,13,17)(H,15,16,18,19). The average molecular weight is 258 g/mol. The predicted molar refractivity (Wildman–Crippen MR) is 71.0 cm³/mol. The van der Waals surface area contributed by atoms with Gasteiger partial charge in [-0.25, -0.2) is 15.0 Å². The molecular formula is C12H14N6O. The fourth-order valence-electron chi connectivity index (χ4n) is 1.54. The fourth-order valence-corrected chi connectivity index (χ4v) is 1.54. The van der Waals surface area contributed by atoms with Gasteiger partial charge in [-0.2, -0.15) is 0 Å². The minimum absolute atomic E-state index is 0.203. The Morgan fingerprint density at radius 3 is 2.42 bits per heavy atom. The third-order valence-electron chi connectivity index (χ3n) is 2.33. The van der Waals surface area contributed by atoms with Crippen LogP contribution in [-0.2, 0) is 0 Å². The SMILES string of the molecule is CNc1cncc(C(=O)Nc2nc(C)cc(C)n2)n1. The van der Waals surface area contributed by atoms with Crippen LogP contribution in [0.3, 0.4) is 0 Å². The number of carbonyl (C=O) groups is 1. The van der Waals surface area contributed by atoms with Crippen LogP contribution in [0.2, 0.25) is 0 Å².